The van der Waals surface area contributed by atoms with Gasteiger partial charge in [-0.3, -0.25) is 0 Å². The fourth-order valence-electron chi connectivity index (χ4n) is 8.56. The second-order valence-corrected chi connectivity index (χ2v) is 14.3. The van der Waals surface area contributed by atoms with E-state index < -0.39 is 5.41 Å². The van der Waals surface area contributed by atoms with Gasteiger partial charge in [0.2, 0.25) is 0 Å². The lowest BCUT2D eigenvalue weighted by atomic mass is 9.65. The van der Waals surface area contributed by atoms with Gasteiger partial charge in [-0.1, -0.05) is 194 Å². The number of fused-ring (bicyclic) bond motifs is 3. The third kappa shape index (κ3) is 5.71. The minimum atomic E-state index is -0.547. The predicted octanol–water partition coefficient (Wildman–Crippen LogP) is 13.6. The van der Waals surface area contributed by atoms with E-state index >= 15 is 0 Å². The summed E-state index contributed by atoms with van der Waals surface area (Å²) in [4.78, 5) is 5.21. The van der Waals surface area contributed by atoms with Crippen molar-refractivity contribution in [3.8, 4) is 39.3 Å². The summed E-state index contributed by atoms with van der Waals surface area (Å²) in [7, 11) is 0. The van der Waals surface area contributed by atoms with Crippen LogP contribution in [0.4, 0.5) is 0 Å². The number of para-hydroxylation sites is 1. The average molecular weight is 715 g/mol. The van der Waals surface area contributed by atoms with Crippen molar-refractivity contribution < 1.29 is 0 Å². The van der Waals surface area contributed by atoms with Crippen molar-refractivity contribution in [3.63, 3.8) is 0 Å². The van der Waals surface area contributed by atoms with Crippen molar-refractivity contribution in [2.75, 3.05) is 0 Å². The molecule has 0 atom stereocenters. The van der Waals surface area contributed by atoms with Crippen LogP contribution < -0.4 is 0 Å². The van der Waals surface area contributed by atoms with Gasteiger partial charge in [-0.25, -0.2) is 4.98 Å². The van der Waals surface area contributed by atoms with Gasteiger partial charge in [-0.15, -0.1) is 0 Å². The van der Waals surface area contributed by atoms with Gasteiger partial charge in [0, 0.05) is 27.6 Å². The van der Waals surface area contributed by atoms with Crippen LogP contribution >= 0.6 is 0 Å². The highest BCUT2D eigenvalue weighted by atomic mass is 15.0. The van der Waals surface area contributed by atoms with Gasteiger partial charge in [0.15, 0.2) is 0 Å². The van der Waals surface area contributed by atoms with Crippen molar-refractivity contribution >= 4 is 21.8 Å². The van der Waals surface area contributed by atoms with Gasteiger partial charge in [0.25, 0.3) is 0 Å². The normalized spacial score (nSPS) is 11.6. The first kappa shape index (κ1) is 33.3. The molecule has 0 saturated carbocycles. The molecule has 0 radical (unpaired) electrons. The van der Waals surface area contributed by atoms with Crippen LogP contribution in [0.1, 0.15) is 22.3 Å². The maximum atomic E-state index is 5.21. The fourth-order valence-corrected chi connectivity index (χ4v) is 8.56. The Bertz CT molecular complexity index is 2760. The highest BCUT2D eigenvalue weighted by molar-refractivity contribution is 6.09. The summed E-state index contributed by atoms with van der Waals surface area (Å²) in [5, 5.41) is 2.45. The molecular weight excluding hydrogens is 677 g/mol. The molecule has 0 fully saturated rings. The third-order valence-corrected chi connectivity index (χ3v) is 11.2. The Morgan fingerprint density at radius 3 is 1.30 bits per heavy atom. The Labute approximate surface area is 327 Å². The van der Waals surface area contributed by atoms with Crippen LogP contribution in [0.2, 0.25) is 0 Å². The molecule has 0 spiro atoms. The molecule has 264 valence electrons. The third-order valence-electron chi connectivity index (χ3n) is 11.2. The van der Waals surface area contributed by atoms with E-state index in [0.717, 1.165) is 33.8 Å². The van der Waals surface area contributed by atoms with Crippen molar-refractivity contribution in [1.29, 1.82) is 0 Å². The van der Waals surface area contributed by atoms with Crippen LogP contribution in [0, 0.1) is 0 Å². The first-order chi connectivity index (χ1) is 27.8. The number of hydrogen-bond acceptors (Lipinski definition) is 1. The smallest absolute Gasteiger partial charge is 0.0715 e. The molecule has 0 amide bonds. The highest BCUT2D eigenvalue weighted by Gasteiger charge is 2.38. The van der Waals surface area contributed by atoms with Gasteiger partial charge in [-0.2, -0.15) is 0 Å². The van der Waals surface area contributed by atoms with E-state index in [0.29, 0.717) is 0 Å². The molecule has 0 bridgehead atoms. The molecule has 0 N–H and O–H groups in total. The fraction of sp³-hybridized carbons (Fsp3) is 0.0185. The highest BCUT2D eigenvalue weighted by Crippen LogP contribution is 2.47. The molecule has 0 aliphatic rings. The summed E-state index contributed by atoms with van der Waals surface area (Å²) >= 11 is 0. The van der Waals surface area contributed by atoms with E-state index in [-0.39, 0.29) is 0 Å². The molecule has 2 heteroatoms. The summed E-state index contributed by atoms with van der Waals surface area (Å²) < 4.78 is 2.42. The molecule has 0 saturated heterocycles. The molecule has 2 aromatic heterocycles. The van der Waals surface area contributed by atoms with Gasteiger partial charge in [-0.05, 0) is 69.8 Å². The predicted molar refractivity (Wildman–Crippen MR) is 233 cm³/mol. The van der Waals surface area contributed by atoms with Gasteiger partial charge < -0.3 is 4.57 Å². The van der Waals surface area contributed by atoms with Crippen LogP contribution in [0.25, 0.3) is 61.1 Å². The van der Waals surface area contributed by atoms with Crippen molar-refractivity contribution in [1.82, 2.24) is 9.55 Å². The van der Waals surface area contributed by atoms with Gasteiger partial charge in [0.1, 0.15) is 0 Å². The molecule has 2 nitrogen and oxygen atoms in total. The zero-order chi connectivity index (χ0) is 37.3. The molecule has 56 heavy (non-hydrogen) atoms. The van der Waals surface area contributed by atoms with Crippen LogP contribution in [0.3, 0.4) is 0 Å². The maximum absolute atomic E-state index is 5.21. The van der Waals surface area contributed by atoms with Gasteiger partial charge >= 0.3 is 0 Å². The summed E-state index contributed by atoms with van der Waals surface area (Å²) in [6, 6.07) is 83.0. The van der Waals surface area contributed by atoms with Crippen molar-refractivity contribution in [2.45, 2.75) is 5.41 Å². The summed E-state index contributed by atoms with van der Waals surface area (Å²) in [6.45, 7) is 0. The Balaban J connectivity index is 1.17. The number of aromatic nitrogens is 2. The van der Waals surface area contributed by atoms with Crippen LogP contribution in [-0.4, -0.2) is 9.55 Å². The molecule has 0 aliphatic carbocycles. The van der Waals surface area contributed by atoms with Crippen LogP contribution in [-0.2, 0) is 5.41 Å². The Kier molecular flexibility index (Phi) is 8.42. The van der Waals surface area contributed by atoms with Crippen molar-refractivity contribution in [2.24, 2.45) is 0 Å². The number of benzene rings is 8. The van der Waals surface area contributed by atoms with Crippen molar-refractivity contribution in [3.05, 3.63) is 253 Å². The van der Waals surface area contributed by atoms with E-state index in [1.54, 1.807) is 0 Å². The standard InChI is InChI=1S/C54H38N2/c1-6-18-39(19-7-1)42-36-50(40-20-8-2-9-21-40)55-51(37-42)41-30-33-47(34-31-41)56-52-29-17-16-28-48(52)49-35-32-46(38-53(49)56)54(43-22-10-3-11-23-43,44-24-12-4-13-25-44)45-26-14-5-15-27-45/h1-38H. The monoisotopic (exact) mass is 714 g/mol. The molecule has 2 heterocycles. The lowest BCUT2D eigenvalue weighted by Crippen LogP contribution is -2.31. The molecule has 10 rings (SSSR count). The van der Waals surface area contributed by atoms with E-state index in [4.69, 9.17) is 4.98 Å². The number of rotatable bonds is 8. The lowest BCUT2D eigenvalue weighted by molar-refractivity contribution is 0.746. The lowest BCUT2D eigenvalue weighted by Gasteiger charge is -2.37. The van der Waals surface area contributed by atoms with Crippen LogP contribution in [0.15, 0.2) is 231 Å². The zero-order valence-electron chi connectivity index (χ0n) is 30.8. The van der Waals surface area contributed by atoms with E-state index in [1.807, 2.05) is 6.07 Å². The quantitative estimate of drug-likeness (QED) is 0.143. The summed E-state index contributed by atoms with van der Waals surface area (Å²) in [6.07, 6.45) is 0. The number of hydrogen-bond donors (Lipinski definition) is 0. The first-order valence-electron chi connectivity index (χ1n) is 19.2. The minimum Gasteiger partial charge on any atom is -0.309 e. The maximum Gasteiger partial charge on any atom is 0.0715 e. The molecular formula is C54H38N2. The van der Waals surface area contributed by atoms with E-state index in [1.165, 1.54) is 49.6 Å². The molecule has 0 aliphatic heterocycles. The minimum absolute atomic E-state index is 0.547. The first-order valence-corrected chi connectivity index (χ1v) is 19.2. The topological polar surface area (TPSA) is 17.8 Å². The SMILES string of the molecule is c1ccc(-c2cc(-c3ccccc3)nc(-c3ccc(-n4c5ccccc5c5ccc(C(c6ccccc6)(c6ccccc6)c6ccccc6)cc54)cc3)c2)cc1. The Morgan fingerprint density at radius 1 is 0.304 bits per heavy atom. The van der Waals surface area contributed by atoms with Gasteiger partial charge in [0.05, 0.1) is 27.8 Å². The van der Waals surface area contributed by atoms with E-state index in [2.05, 4.69) is 229 Å². The second kappa shape index (κ2) is 14.2. The Morgan fingerprint density at radius 2 is 0.750 bits per heavy atom. The van der Waals surface area contributed by atoms with E-state index in [9.17, 15) is 0 Å². The number of pyridine rings is 1. The zero-order valence-corrected chi connectivity index (χ0v) is 30.8. The summed E-state index contributed by atoms with van der Waals surface area (Å²) in [5.74, 6) is 0. The summed E-state index contributed by atoms with van der Waals surface area (Å²) in [5.41, 5.74) is 14.2. The molecule has 8 aromatic carbocycles. The largest absolute Gasteiger partial charge is 0.309 e. The average Bonchev–Trinajstić information content (AvgIpc) is 3.62. The Hall–Kier alpha value is -7.29. The molecule has 0 unspecified atom stereocenters. The molecule has 10 aromatic rings. The number of nitrogens with zero attached hydrogens (tertiary/aromatic N) is 2. The van der Waals surface area contributed by atoms with Crippen LogP contribution in [0.5, 0.6) is 0 Å². The second-order valence-electron chi connectivity index (χ2n) is 14.3.